The summed E-state index contributed by atoms with van der Waals surface area (Å²) in [5, 5.41) is 6.45. The fraction of sp³-hybridized carbons (Fsp3) is 0.105. The van der Waals surface area contributed by atoms with Gasteiger partial charge >= 0.3 is 0 Å². The number of nitrogens with one attached hydrogen (secondary N) is 2. The molecule has 0 spiro atoms. The number of carbonyl (C=O) groups is 1. The van der Waals surface area contributed by atoms with Crippen LogP contribution in [0.5, 0.6) is 5.75 Å². The molecule has 3 aromatic rings. The maximum absolute atomic E-state index is 12.4. The minimum atomic E-state index is -0.316. The summed E-state index contributed by atoms with van der Waals surface area (Å²) >= 11 is 5.95. The molecule has 2 aromatic carbocycles. The number of nitrogens with zero attached hydrogens (tertiary/aromatic N) is 2. The van der Waals surface area contributed by atoms with Gasteiger partial charge in [0.05, 0.1) is 18.4 Å². The summed E-state index contributed by atoms with van der Waals surface area (Å²) in [5.41, 5.74) is 2.71. The first-order chi connectivity index (χ1) is 12.5. The number of aryl methyl sites for hydroxylation is 1. The minimum Gasteiger partial charge on any atom is -0.495 e. The lowest BCUT2D eigenvalue weighted by Crippen LogP contribution is -2.14. The Morgan fingerprint density at radius 1 is 1.12 bits per heavy atom. The summed E-state index contributed by atoms with van der Waals surface area (Å²) < 4.78 is 5.27. The van der Waals surface area contributed by atoms with Gasteiger partial charge in [0.2, 0.25) is 5.95 Å². The van der Waals surface area contributed by atoms with E-state index in [-0.39, 0.29) is 5.91 Å². The van der Waals surface area contributed by atoms with E-state index in [1.165, 1.54) is 12.4 Å². The molecule has 0 aliphatic heterocycles. The summed E-state index contributed by atoms with van der Waals surface area (Å²) in [6.45, 7) is 1.94. The molecular weight excluding hydrogens is 352 g/mol. The van der Waals surface area contributed by atoms with E-state index in [1.54, 1.807) is 25.3 Å². The zero-order valence-electron chi connectivity index (χ0n) is 14.3. The van der Waals surface area contributed by atoms with Crippen LogP contribution in [-0.2, 0) is 0 Å². The summed E-state index contributed by atoms with van der Waals surface area (Å²) in [6, 6.07) is 12.8. The third-order valence-electron chi connectivity index (χ3n) is 3.60. The Balaban J connectivity index is 1.72. The first kappa shape index (κ1) is 17.7. The maximum Gasteiger partial charge on any atom is 0.258 e. The van der Waals surface area contributed by atoms with Crippen LogP contribution < -0.4 is 15.4 Å². The summed E-state index contributed by atoms with van der Waals surface area (Å²) in [7, 11) is 1.56. The van der Waals surface area contributed by atoms with Gasteiger partial charge in [-0.25, -0.2) is 9.97 Å². The molecule has 0 radical (unpaired) electrons. The van der Waals surface area contributed by atoms with Crippen molar-refractivity contribution in [2.24, 2.45) is 0 Å². The van der Waals surface area contributed by atoms with Gasteiger partial charge in [-0.15, -0.1) is 0 Å². The van der Waals surface area contributed by atoms with Gasteiger partial charge in [-0.2, -0.15) is 0 Å². The van der Waals surface area contributed by atoms with Gasteiger partial charge in [0.15, 0.2) is 0 Å². The highest BCUT2D eigenvalue weighted by Crippen LogP contribution is 2.25. The zero-order valence-corrected chi connectivity index (χ0v) is 15.0. The highest BCUT2D eigenvalue weighted by Gasteiger charge is 2.11. The lowest BCUT2D eigenvalue weighted by atomic mass is 10.2. The average molecular weight is 369 g/mol. The predicted octanol–water partition coefficient (Wildman–Crippen LogP) is 4.44. The van der Waals surface area contributed by atoms with E-state index in [0.717, 1.165) is 11.3 Å². The number of carbonyl (C=O) groups excluding carboxylic acids is 1. The van der Waals surface area contributed by atoms with Crippen LogP contribution in [0.3, 0.4) is 0 Å². The van der Waals surface area contributed by atoms with E-state index < -0.39 is 0 Å². The second kappa shape index (κ2) is 7.84. The molecule has 2 N–H and O–H groups in total. The highest BCUT2D eigenvalue weighted by atomic mass is 35.5. The molecule has 0 unspecified atom stereocenters. The van der Waals surface area contributed by atoms with Crippen LogP contribution in [0, 0.1) is 6.92 Å². The quantitative estimate of drug-likeness (QED) is 0.696. The van der Waals surface area contributed by atoms with Crippen LogP contribution >= 0.6 is 11.6 Å². The van der Waals surface area contributed by atoms with E-state index in [4.69, 9.17) is 16.3 Å². The molecule has 132 valence electrons. The molecule has 0 saturated carbocycles. The van der Waals surface area contributed by atoms with Gasteiger partial charge in [0.25, 0.3) is 5.91 Å². The highest BCUT2D eigenvalue weighted by molar-refractivity contribution is 6.30. The zero-order chi connectivity index (χ0) is 18.5. The first-order valence-corrected chi connectivity index (χ1v) is 8.23. The summed E-state index contributed by atoms with van der Waals surface area (Å²) in [5.74, 6) is 0.643. The molecule has 0 bridgehead atoms. The van der Waals surface area contributed by atoms with Crippen LogP contribution in [0.1, 0.15) is 15.9 Å². The molecule has 0 fully saturated rings. The fourth-order valence-corrected chi connectivity index (χ4v) is 2.51. The van der Waals surface area contributed by atoms with Crippen molar-refractivity contribution in [1.29, 1.82) is 0 Å². The van der Waals surface area contributed by atoms with E-state index >= 15 is 0 Å². The second-order valence-corrected chi connectivity index (χ2v) is 6.02. The number of ether oxygens (including phenoxy) is 1. The number of halogens is 1. The standard InChI is InChI=1S/C19H17ClN4O2/c1-12-6-7-17(26-2)16(8-12)24-18(25)13-10-21-19(22-11-13)23-15-5-3-4-14(20)9-15/h3-11H,1-2H3,(H,24,25)(H,21,22,23). The molecule has 0 atom stereocenters. The fourth-order valence-electron chi connectivity index (χ4n) is 2.32. The number of aromatic nitrogens is 2. The number of benzene rings is 2. The molecule has 6 nitrogen and oxygen atoms in total. The lowest BCUT2D eigenvalue weighted by Gasteiger charge is -2.11. The van der Waals surface area contributed by atoms with Crippen molar-refractivity contribution in [2.45, 2.75) is 6.92 Å². The van der Waals surface area contributed by atoms with Crippen molar-refractivity contribution in [2.75, 3.05) is 17.7 Å². The number of hydrogen-bond acceptors (Lipinski definition) is 5. The monoisotopic (exact) mass is 368 g/mol. The van der Waals surface area contributed by atoms with Gasteiger partial charge in [0, 0.05) is 23.1 Å². The lowest BCUT2D eigenvalue weighted by molar-refractivity contribution is 0.102. The van der Waals surface area contributed by atoms with Crippen LogP contribution in [0.15, 0.2) is 54.9 Å². The summed E-state index contributed by atoms with van der Waals surface area (Å²) in [6.07, 6.45) is 2.91. The molecule has 0 aliphatic carbocycles. The Hall–Kier alpha value is -3.12. The molecule has 1 heterocycles. The van der Waals surface area contributed by atoms with E-state index in [9.17, 15) is 4.79 Å². The molecule has 1 aromatic heterocycles. The van der Waals surface area contributed by atoms with Gasteiger partial charge in [-0.3, -0.25) is 4.79 Å². The van der Waals surface area contributed by atoms with Crippen molar-refractivity contribution in [3.63, 3.8) is 0 Å². The van der Waals surface area contributed by atoms with Gasteiger partial charge in [0.1, 0.15) is 5.75 Å². The van der Waals surface area contributed by atoms with Gasteiger partial charge in [-0.1, -0.05) is 23.7 Å². The molecule has 0 saturated heterocycles. The number of amides is 1. The van der Waals surface area contributed by atoms with Crippen LogP contribution in [0.2, 0.25) is 5.02 Å². The molecule has 1 amide bonds. The number of rotatable bonds is 5. The number of anilines is 3. The van der Waals surface area contributed by atoms with E-state index in [1.807, 2.05) is 31.2 Å². The van der Waals surface area contributed by atoms with Gasteiger partial charge < -0.3 is 15.4 Å². The van der Waals surface area contributed by atoms with Crippen molar-refractivity contribution in [3.8, 4) is 5.75 Å². The van der Waals surface area contributed by atoms with Gasteiger partial charge in [-0.05, 0) is 42.8 Å². The topological polar surface area (TPSA) is 76.1 Å². The molecule has 0 aliphatic rings. The van der Waals surface area contributed by atoms with Crippen molar-refractivity contribution < 1.29 is 9.53 Å². The molecule has 7 heteroatoms. The molecule has 3 rings (SSSR count). The maximum atomic E-state index is 12.4. The third-order valence-corrected chi connectivity index (χ3v) is 3.83. The Bertz CT molecular complexity index is 929. The number of hydrogen-bond donors (Lipinski definition) is 2. The molecular formula is C19H17ClN4O2. The van der Waals surface area contributed by atoms with Crippen molar-refractivity contribution in [1.82, 2.24) is 9.97 Å². The Morgan fingerprint density at radius 3 is 2.58 bits per heavy atom. The Kier molecular flexibility index (Phi) is 5.34. The Labute approximate surface area is 156 Å². The number of methoxy groups -OCH3 is 1. The Morgan fingerprint density at radius 2 is 1.88 bits per heavy atom. The van der Waals surface area contributed by atoms with Crippen LogP contribution in [-0.4, -0.2) is 23.0 Å². The smallest absolute Gasteiger partial charge is 0.258 e. The normalized spacial score (nSPS) is 10.3. The predicted molar refractivity (Wildman–Crippen MR) is 102 cm³/mol. The average Bonchev–Trinajstić information content (AvgIpc) is 2.62. The van der Waals surface area contributed by atoms with E-state index in [2.05, 4.69) is 20.6 Å². The third kappa shape index (κ3) is 4.29. The first-order valence-electron chi connectivity index (χ1n) is 7.86. The second-order valence-electron chi connectivity index (χ2n) is 5.59. The van der Waals surface area contributed by atoms with Crippen molar-refractivity contribution in [3.05, 3.63) is 71.0 Å². The van der Waals surface area contributed by atoms with Crippen molar-refractivity contribution >= 4 is 34.8 Å². The SMILES string of the molecule is COc1ccc(C)cc1NC(=O)c1cnc(Nc2cccc(Cl)c2)nc1. The largest absolute Gasteiger partial charge is 0.495 e. The van der Waals surface area contributed by atoms with E-state index in [0.29, 0.717) is 28.0 Å². The summed E-state index contributed by atoms with van der Waals surface area (Å²) in [4.78, 5) is 20.8. The van der Waals surface area contributed by atoms with Crippen LogP contribution in [0.25, 0.3) is 0 Å². The minimum absolute atomic E-state index is 0.316. The van der Waals surface area contributed by atoms with Crippen LogP contribution in [0.4, 0.5) is 17.3 Å². The molecule has 26 heavy (non-hydrogen) atoms.